The minimum absolute atomic E-state index is 0.565. The summed E-state index contributed by atoms with van der Waals surface area (Å²) in [6, 6.07) is 4.48. The number of nitrogens with zero attached hydrogens (tertiary/aromatic N) is 2. The summed E-state index contributed by atoms with van der Waals surface area (Å²) < 4.78 is 5.86. The van der Waals surface area contributed by atoms with E-state index in [1.165, 1.54) is 19.4 Å². The van der Waals surface area contributed by atoms with Gasteiger partial charge in [-0.05, 0) is 44.8 Å². The number of hydrogen-bond acceptors (Lipinski definition) is 4. The summed E-state index contributed by atoms with van der Waals surface area (Å²) in [4.78, 5) is 6.66. The van der Waals surface area contributed by atoms with E-state index in [4.69, 9.17) is 4.74 Å². The highest BCUT2D eigenvalue weighted by molar-refractivity contribution is 7.98. The maximum absolute atomic E-state index is 5.86. The summed E-state index contributed by atoms with van der Waals surface area (Å²) in [5, 5.41) is 0.975. The molecule has 1 saturated heterocycles. The summed E-state index contributed by atoms with van der Waals surface area (Å²) in [5.41, 5.74) is 0. The lowest BCUT2D eigenvalue weighted by Crippen LogP contribution is -2.30. The number of ether oxygens (including phenoxy) is 1. The van der Waals surface area contributed by atoms with Crippen LogP contribution in [0.15, 0.2) is 23.4 Å². The Hall–Kier alpha value is -0.740. The Labute approximate surface area is 101 Å². The molecule has 0 aromatic carbocycles. The quantitative estimate of drug-likeness (QED) is 0.751. The molecule has 0 saturated carbocycles. The summed E-state index contributed by atoms with van der Waals surface area (Å²) in [6.07, 6.45) is 6.36. The van der Waals surface area contributed by atoms with E-state index in [1.54, 1.807) is 18.0 Å². The molecule has 0 aliphatic carbocycles. The van der Waals surface area contributed by atoms with Crippen molar-refractivity contribution in [3.63, 3.8) is 0 Å². The largest absolute Gasteiger partial charge is 0.489 e. The Morgan fingerprint density at radius 1 is 1.62 bits per heavy atom. The molecule has 4 heteroatoms. The lowest BCUT2D eigenvalue weighted by Gasteiger charge is -2.20. The second-order valence-corrected chi connectivity index (χ2v) is 4.89. The van der Waals surface area contributed by atoms with Crippen LogP contribution in [0.2, 0.25) is 0 Å². The van der Waals surface area contributed by atoms with Crippen LogP contribution >= 0.6 is 11.8 Å². The second-order valence-electron chi connectivity index (χ2n) is 4.10. The Balaban J connectivity index is 1.93. The topological polar surface area (TPSA) is 25.4 Å². The van der Waals surface area contributed by atoms with Gasteiger partial charge in [-0.25, -0.2) is 4.98 Å². The van der Waals surface area contributed by atoms with Gasteiger partial charge in [0, 0.05) is 12.2 Å². The van der Waals surface area contributed by atoms with Crippen molar-refractivity contribution < 1.29 is 4.74 Å². The van der Waals surface area contributed by atoms with Gasteiger partial charge >= 0.3 is 0 Å². The third-order valence-electron chi connectivity index (χ3n) is 3.03. The van der Waals surface area contributed by atoms with Crippen LogP contribution in [0.3, 0.4) is 0 Å². The maximum Gasteiger partial charge on any atom is 0.151 e. The highest BCUT2D eigenvalue weighted by Crippen LogP contribution is 2.25. The Bertz CT molecular complexity index is 346. The fraction of sp³-hybridized carbons (Fsp3) is 0.583. The molecule has 2 heterocycles. The van der Waals surface area contributed by atoms with Gasteiger partial charge in [0.2, 0.25) is 0 Å². The number of aromatic nitrogens is 1. The number of thioether (sulfide) groups is 1. The van der Waals surface area contributed by atoms with Gasteiger partial charge in [-0.3, -0.25) is 0 Å². The number of likely N-dealkylation sites (N-methyl/N-ethyl adjacent to an activating group) is 1. The fourth-order valence-electron chi connectivity index (χ4n) is 2.02. The third kappa shape index (κ3) is 2.68. The maximum atomic E-state index is 5.86. The van der Waals surface area contributed by atoms with Crippen molar-refractivity contribution in [1.29, 1.82) is 0 Å². The number of rotatable bonds is 4. The zero-order chi connectivity index (χ0) is 11.4. The molecule has 1 atom stereocenters. The first-order chi connectivity index (χ1) is 7.81. The van der Waals surface area contributed by atoms with Crippen molar-refractivity contribution in [2.24, 2.45) is 0 Å². The molecule has 1 aromatic heterocycles. The van der Waals surface area contributed by atoms with Crippen molar-refractivity contribution >= 4 is 11.8 Å². The van der Waals surface area contributed by atoms with Gasteiger partial charge in [0.15, 0.2) is 5.75 Å². The Morgan fingerprint density at radius 3 is 3.19 bits per heavy atom. The molecule has 16 heavy (non-hydrogen) atoms. The van der Waals surface area contributed by atoms with Crippen molar-refractivity contribution in [3.8, 4) is 5.75 Å². The van der Waals surface area contributed by atoms with Gasteiger partial charge < -0.3 is 9.64 Å². The molecule has 1 aliphatic rings. The molecule has 0 amide bonds. The van der Waals surface area contributed by atoms with Crippen LogP contribution in [0.25, 0.3) is 0 Å². The van der Waals surface area contributed by atoms with Crippen LogP contribution in [-0.2, 0) is 0 Å². The lowest BCUT2D eigenvalue weighted by atomic mass is 10.2. The smallest absolute Gasteiger partial charge is 0.151 e. The minimum atomic E-state index is 0.565. The molecule has 0 spiro atoms. The van der Waals surface area contributed by atoms with E-state index >= 15 is 0 Å². The molecular formula is C12H18N2OS. The first-order valence-corrected chi connectivity index (χ1v) is 6.86. The molecule has 1 fully saturated rings. The molecule has 0 radical (unpaired) electrons. The van der Waals surface area contributed by atoms with Crippen LogP contribution < -0.4 is 4.74 Å². The molecule has 3 nitrogen and oxygen atoms in total. The molecule has 0 N–H and O–H groups in total. The van der Waals surface area contributed by atoms with E-state index in [1.807, 2.05) is 18.4 Å². The molecule has 0 bridgehead atoms. The molecule has 0 unspecified atom stereocenters. The SMILES string of the molecule is CSc1ncccc1OC[C@@H]1CCCN1C. The Morgan fingerprint density at radius 2 is 2.50 bits per heavy atom. The number of likely N-dealkylation sites (tertiary alicyclic amines) is 1. The average Bonchev–Trinajstić information content (AvgIpc) is 2.72. The zero-order valence-corrected chi connectivity index (χ0v) is 10.7. The molecular weight excluding hydrogens is 220 g/mol. The van der Waals surface area contributed by atoms with Gasteiger partial charge in [0.1, 0.15) is 11.6 Å². The summed E-state index contributed by atoms with van der Waals surface area (Å²) >= 11 is 1.63. The normalized spacial score (nSPS) is 21.2. The van der Waals surface area contributed by atoms with Crippen LogP contribution in [0.1, 0.15) is 12.8 Å². The van der Waals surface area contributed by atoms with Crippen molar-refractivity contribution in [2.75, 3.05) is 26.5 Å². The van der Waals surface area contributed by atoms with Gasteiger partial charge in [-0.1, -0.05) is 0 Å². The van der Waals surface area contributed by atoms with Gasteiger partial charge in [0.25, 0.3) is 0 Å². The van der Waals surface area contributed by atoms with Gasteiger partial charge in [0.05, 0.1) is 0 Å². The van der Waals surface area contributed by atoms with E-state index in [0.29, 0.717) is 6.04 Å². The summed E-state index contributed by atoms with van der Waals surface area (Å²) in [7, 11) is 2.17. The summed E-state index contributed by atoms with van der Waals surface area (Å²) in [6.45, 7) is 1.96. The van der Waals surface area contributed by atoms with Crippen LogP contribution in [-0.4, -0.2) is 42.4 Å². The van der Waals surface area contributed by atoms with Crippen LogP contribution in [0.5, 0.6) is 5.75 Å². The first kappa shape index (κ1) is 11.7. The number of hydrogen-bond donors (Lipinski definition) is 0. The monoisotopic (exact) mass is 238 g/mol. The zero-order valence-electron chi connectivity index (χ0n) is 9.85. The van der Waals surface area contributed by atoms with Gasteiger partial charge in [-0.15, -0.1) is 11.8 Å². The van der Waals surface area contributed by atoms with Crippen LogP contribution in [0.4, 0.5) is 0 Å². The van der Waals surface area contributed by atoms with Crippen molar-refractivity contribution in [2.45, 2.75) is 23.9 Å². The number of pyridine rings is 1. The van der Waals surface area contributed by atoms with E-state index in [2.05, 4.69) is 16.9 Å². The predicted octanol–water partition coefficient (Wildman–Crippen LogP) is 2.28. The molecule has 2 rings (SSSR count). The fourth-order valence-corrected chi connectivity index (χ4v) is 2.51. The van der Waals surface area contributed by atoms with Gasteiger partial charge in [-0.2, -0.15) is 0 Å². The summed E-state index contributed by atoms with van der Waals surface area (Å²) in [5.74, 6) is 0.912. The van der Waals surface area contributed by atoms with Crippen molar-refractivity contribution in [1.82, 2.24) is 9.88 Å². The van der Waals surface area contributed by atoms with E-state index in [0.717, 1.165) is 17.4 Å². The van der Waals surface area contributed by atoms with Crippen molar-refractivity contribution in [3.05, 3.63) is 18.3 Å². The average molecular weight is 238 g/mol. The lowest BCUT2D eigenvalue weighted by molar-refractivity contribution is 0.194. The molecule has 1 aromatic rings. The van der Waals surface area contributed by atoms with E-state index < -0.39 is 0 Å². The predicted molar refractivity (Wildman–Crippen MR) is 67.2 cm³/mol. The third-order valence-corrected chi connectivity index (χ3v) is 3.73. The van der Waals surface area contributed by atoms with Crippen LogP contribution in [0, 0.1) is 0 Å². The van der Waals surface area contributed by atoms with E-state index in [-0.39, 0.29) is 0 Å². The second kappa shape index (κ2) is 5.55. The molecule has 1 aliphatic heterocycles. The standard InChI is InChI=1S/C12H18N2OS/c1-14-8-4-5-10(14)9-15-11-6-3-7-13-12(11)16-2/h3,6-7,10H,4-5,8-9H2,1-2H3/t10-/m0/s1. The highest BCUT2D eigenvalue weighted by Gasteiger charge is 2.21. The minimum Gasteiger partial charge on any atom is -0.489 e. The highest BCUT2D eigenvalue weighted by atomic mass is 32.2. The van der Waals surface area contributed by atoms with E-state index in [9.17, 15) is 0 Å². The molecule has 88 valence electrons. The first-order valence-electron chi connectivity index (χ1n) is 5.63. The Kier molecular flexibility index (Phi) is 4.07.